The summed E-state index contributed by atoms with van der Waals surface area (Å²) in [6, 6.07) is 11.5. The maximum atomic E-state index is 13.5. The van der Waals surface area contributed by atoms with E-state index in [1.54, 1.807) is 37.4 Å². The summed E-state index contributed by atoms with van der Waals surface area (Å²) in [6.45, 7) is -0.297. The lowest BCUT2D eigenvalue weighted by Gasteiger charge is -2.16. The van der Waals surface area contributed by atoms with E-state index in [9.17, 15) is 18.8 Å². The van der Waals surface area contributed by atoms with Crippen molar-refractivity contribution in [2.45, 2.75) is 0 Å². The van der Waals surface area contributed by atoms with Crippen LogP contribution in [0.25, 0.3) is 0 Å². The van der Waals surface area contributed by atoms with Crippen molar-refractivity contribution < 1.29 is 18.8 Å². The van der Waals surface area contributed by atoms with Crippen LogP contribution in [0.15, 0.2) is 48.5 Å². The third kappa shape index (κ3) is 6.69. The second-order valence-corrected chi connectivity index (χ2v) is 6.09. The molecule has 0 aliphatic heterocycles. The number of likely N-dealkylation sites (N-methyl/N-ethyl adjacent to an activating group) is 1. The Morgan fingerprint density at radius 2 is 1.52 bits per heavy atom. The van der Waals surface area contributed by atoms with Gasteiger partial charge in [-0.3, -0.25) is 19.8 Å². The van der Waals surface area contributed by atoms with Crippen LogP contribution in [0.3, 0.4) is 0 Å². The lowest BCUT2D eigenvalue weighted by Crippen LogP contribution is -2.42. The van der Waals surface area contributed by atoms with E-state index in [2.05, 4.69) is 16.0 Å². The number of amides is 4. The quantitative estimate of drug-likeness (QED) is 0.705. The average Bonchev–Trinajstić information content (AvgIpc) is 2.58. The van der Waals surface area contributed by atoms with Gasteiger partial charge >= 0.3 is 6.03 Å². The number of anilines is 2. The maximum Gasteiger partial charge on any atom is 0.326 e. The fraction of sp³-hybridized carbons (Fsp3) is 0.167. The number of benzene rings is 2. The Balaban J connectivity index is 1.77. The van der Waals surface area contributed by atoms with Gasteiger partial charge in [-0.25, -0.2) is 9.18 Å². The van der Waals surface area contributed by atoms with Crippen molar-refractivity contribution in [1.82, 2.24) is 10.2 Å². The van der Waals surface area contributed by atoms with E-state index >= 15 is 0 Å². The molecule has 142 valence electrons. The number of para-hydroxylation sites is 2. The molecule has 2 aromatic carbocycles. The largest absolute Gasteiger partial charge is 0.326 e. The molecule has 0 fully saturated rings. The van der Waals surface area contributed by atoms with E-state index in [0.717, 1.165) is 0 Å². The Bertz CT molecular complexity index is 847. The van der Waals surface area contributed by atoms with Crippen LogP contribution in [0, 0.1) is 5.82 Å². The molecule has 0 atom stereocenters. The molecule has 7 nitrogen and oxygen atoms in total. The van der Waals surface area contributed by atoms with Gasteiger partial charge in [-0.1, -0.05) is 35.9 Å². The van der Waals surface area contributed by atoms with E-state index in [0.29, 0.717) is 10.7 Å². The van der Waals surface area contributed by atoms with Crippen molar-refractivity contribution in [2.75, 3.05) is 30.8 Å². The predicted molar refractivity (Wildman–Crippen MR) is 101 cm³/mol. The summed E-state index contributed by atoms with van der Waals surface area (Å²) < 4.78 is 13.5. The Hall–Kier alpha value is -2.97. The van der Waals surface area contributed by atoms with E-state index in [-0.39, 0.29) is 24.7 Å². The van der Waals surface area contributed by atoms with Crippen LogP contribution in [-0.4, -0.2) is 42.9 Å². The van der Waals surface area contributed by atoms with Gasteiger partial charge in [-0.05, 0) is 31.3 Å². The molecule has 0 heterocycles. The van der Waals surface area contributed by atoms with Crippen LogP contribution in [-0.2, 0) is 9.59 Å². The molecule has 9 heteroatoms. The number of rotatable bonds is 6. The molecule has 0 bridgehead atoms. The first-order chi connectivity index (χ1) is 12.8. The monoisotopic (exact) mass is 392 g/mol. The van der Waals surface area contributed by atoms with E-state index in [1.165, 1.54) is 23.1 Å². The number of hydrogen-bond donors (Lipinski definition) is 3. The number of hydrogen-bond acceptors (Lipinski definition) is 4. The molecule has 0 aliphatic rings. The van der Waals surface area contributed by atoms with Gasteiger partial charge in [0, 0.05) is 0 Å². The summed E-state index contributed by atoms with van der Waals surface area (Å²) in [5.41, 5.74) is 0.418. The number of halogens is 2. The molecule has 0 aliphatic carbocycles. The Morgan fingerprint density at radius 3 is 2.19 bits per heavy atom. The minimum Gasteiger partial charge on any atom is -0.324 e. The molecule has 0 aromatic heterocycles. The molecule has 2 rings (SSSR count). The maximum absolute atomic E-state index is 13.5. The average molecular weight is 393 g/mol. The molecule has 0 radical (unpaired) electrons. The topological polar surface area (TPSA) is 90.5 Å². The summed E-state index contributed by atoms with van der Waals surface area (Å²) in [5.74, 6) is -1.63. The first-order valence-electron chi connectivity index (χ1n) is 7.93. The van der Waals surface area contributed by atoms with Gasteiger partial charge in [-0.2, -0.15) is 0 Å². The summed E-state index contributed by atoms with van der Waals surface area (Å²) in [4.78, 5) is 37.0. The molecular formula is C18H18ClFN4O3. The minimum absolute atomic E-state index is 0.0460. The highest BCUT2D eigenvalue weighted by Crippen LogP contribution is 2.20. The molecule has 0 saturated heterocycles. The summed E-state index contributed by atoms with van der Waals surface area (Å²) in [6.07, 6.45) is 0. The number of nitrogens with zero attached hydrogens (tertiary/aromatic N) is 1. The van der Waals surface area contributed by atoms with Gasteiger partial charge in [0.25, 0.3) is 0 Å². The second kappa shape index (κ2) is 9.65. The molecule has 0 spiro atoms. The van der Waals surface area contributed by atoms with Gasteiger partial charge in [0.2, 0.25) is 11.8 Å². The van der Waals surface area contributed by atoms with Crippen LogP contribution < -0.4 is 16.0 Å². The molecule has 0 unspecified atom stereocenters. The van der Waals surface area contributed by atoms with Crippen molar-refractivity contribution in [2.24, 2.45) is 0 Å². The zero-order chi connectivity index (χ0) is 19.8. The van der Waals surface area contributed by atoms with Crippen LogP contribution in [0.5, 0.6) is 0 Å². The summed E-state index contributed by atoms with van der Waals surface area (Å²) in [5, 5.41) is 7.33. The highest BCUT2D eigenvalue weighted by Gasteiger charge is 2.14. The van der Waals surface area contributed by atoms with Crippen LogP contribution >= 0.6 is 11.6 Å². The van der Waals surface area contributed by atoms with Crippen molar-refractivity contribution in [3.63, 3.8) is 0 Å². The van der Waals surface area contributed by atoms with Crippen LogP contribution in [0.1, 0.15) is 0 Å². The molecule has 4 amide bonds. The number of urea groups is 1. The van der Waals surface area contributed by atoms with E-state index < -0.39 is 17.8 Å². The fourth-order valence-electron chi connectivity index (χ4n) is 2.18. The molecular weight excluding hydrogens is 375 g/mol. The first-order valence-corrected chi connectivity index (χ1v) is 8.31. The van der Waals surface area contributed by atoms with Crippen LogP contribution in [0.2, 0.25) is 5.02 Å². The van der Waals surface area contributed by atoms with E-state index in [1.807, 2.05) is 0 Å². The lowest BCUT2D eigenvalue weighted by molar-refractivity contribution is -0.121. The van der Waals surface area contributed by atoms with Gasteiger partial charge < -0.3 is 10.6 Å². The number of imide groups is 1. The predicted octanol–water partition coefficient (Wildman–Crippen LogP) is 2.70. The Morgan fingerprint density at radius 1 is 0.926 bits per heavy atom. The fourth-order valence-corrected chi connectivity index (χ4v) is 2.36. The van der Waals surface area contributed by atoms with Gasteiger partial charge in [0.1, 0.15) is 5.82 Å². The van der Waals surface area contributed by atoms with Gasteiger partial charge in [-0.15, -0.1) is 0 Å². The number of carbonyl (C=O) groups is 3. The smallest absolute Gasteiger partial charge is 0.324 e. The lowest BCUT2D eigenvalue weighted by atomic mass is 10.3. The van der Waals surface area contributed by atoms with Crippen molar-refractivity contribution in [3.8, 4) is 0 Å². The highest BCUT2D eigenvalue weighted by atomic mass is 35.5. The molecule has 0 saturated carbocycles. The standard InChI is InChI=1S/C18H18ClFN4O3/c1-24(10-16(25)21-14-8-4-2-6-12(14)19)11-17(26)23-18(27)22-15-9-5-3-7-13(15)20/h2-9H,10-11H2,1H3,(H,21,25)(H2,22,23,26,27). The van der Waals surface area contributed by atoms with Gasteiger partial charge in [0.05, 0.1) is 29.5 Å². The Labute approximate surface area is 160 Å². The van der Waals surface area contributed by atoms with Crippen molar-refractivity contribution in [1.29, 1.82) is 0 Å². The second-order valence-electron chi connectivity index (χ2n) is 5.68. The first kappa shape index (κ1) is 20.3. The third-order valence-corrected chi connectivity index (χ3v) is 3.68. The van der Waals surface area contributed by atoms with Crippen LogP contribution in [0.4, 0.5) is 20.6 Å². The molecule has 2 aromatic rings. The molecule has 27 heavy (non-hydrogen) atoms. The summed E-state index contributed by atoms with van der Waals surface area (Å²) in [7, 11) is 1.54. The van der Waals surface area contributed by atoms with Crippen molar-refractivity contribution >= 4 is 40.8 Å². The minimum atomic E-state index is -0.862. The van der Waals surface area contributed by atoms with Crippen molar-refractivity contribution in [3.05, 3.63) is 59.4 Å². The SMILES string of the molecule is CN(CC(=O)NC(=O)Nc1ccccc1F)CC(=O)Nc1ccccc1Cl. The third-order valence-electron chi connectivity index (χ3n) is 3.35. The highest BCUT2D eigenvalue weighted by molar-refractivity contribution is 6.33. The Kier molecular flexibility index (Phi) is 7.27. The zero-order valence-electron chi connectivity index (χ0n) is 14.5. The zero-order valence-corrected chi connectivity index (χ0v) is 15.2. The molecule has 3 N–H and O–H groups in total. The van der Waals surface area contributed by atoms with Gasteiger partial charge in [0.15, 0.2) is 0 Å². The number of carbonyl (C=O) groups excluding carboxylic acids is 3. The van der Waals surface area contributed by atoms with E-state index in [4.69, 9.17) is 11.6 Å². The normalized spacial score (nSPS) is 10.4. The summed E-state index contributed by atoms with van der Waals surface area (Å²) >= 11 is 5.96. The number of nitrogens with one attached hydrogen (secondary N) is 3.